The van der Waals surface area contributed by atoms with Crippen molar-refractivity contribution in [3.05, 3.63) is 66.3 Å². The number of hydrogen-bond acceptors (Lipinski definition) is 19. The molecule has 0 atom stereocenters. The Bertz CT molecular complexity index is 3100. The molecule has 3 heterocycles. The number of anilines is 3. The van der Waals surface area contributed by atoms with Crippen molar-refractivity contribution in [3.63, 3.8) is 0 Å². The highest BCUT2D eigenvalue weighted by Gasteiger charge is 2.41. The van der Waals surface area contributed by atoms with Gasteiger partial charge >= 0.3 is 47.3 Å². The Kier molecular flexibility index (Phi) is 54.9. The number of amides is 10. The van der Waals surface area contributed by atoms with E-state index in [0.717, 1.165) is 128 Å². The van der Waals surface area contributed by atoms with Crippen molar-refractivity contribution >= 4 is 104 Å². The van der Waals surface area contributed by atoms with Crippen LogP contribution in [0.15, 0.2) is 37.6 Å². The molecule has 0 aromatic carbocycles. The highest BCUT2D eigenvalue weighted by Crippen LogP contribution is 2.26. The Labute approximate surface area is 620 Å². The quantitative estimate of drug-likeness (QED) is 0.0108. The molecule has 0 saturated carbocycles. The van der Waals surface area contributed by atoms with E-state index >= 15 is 0 Å². The van der Waals surface area contributed by atoms with Gasteiger partial charge in [0, 0.05) is 80.7 Å². The van der Waals surface area contributed by atoms with E-state index in [-0.39, 0.29) is 76.3 Å². The number of carbonyl (C=O) groups is 5. The zero-order chi connectivity index (χ0) is 74.6. The standard InChI is InChI=1S/C36H68N12O8Si3.C13H19N5O3.C12H34N2O2Si3.4CH4/c1-27-24-29(49)45-31(43-27)47-35(53)40-20-15-11-9-13-18-37-33(51)39-22-17-23-57(3,4)55-59(7,8)56-58(5,6)26-42-34(52)38-19-14-10-12-16-21-41-36(54)48-32-44-28(2)25-30(50)46-32;1-10-8-11(20)17-12(16-10)18-13(21)15-7-5-3-2-4-6-14-9-19;1-17(2,11-7-9-13)15-19(5,6)16-18(3,4)12-8-10-14;;;;/h24-25H,9-23,26H2,1-8H3,(H2,37,39,51)(H2,38,42,52)(H3,40,43,45,47,49,53)(H3,41,44,46,48,50,54);8H,2-7H2,1H3,(H3,15,16,17,18,20,21);7-14H2,1-6H3;4*1H4. The zero-order valence-electron chi connectivity index (χ0n) is 61.8. The van der Waals surface area contributed by atoms with Crippen LogP contribution in [0.1, 0.15) is 143 Å². The fourth-order valence-electron chi connectivity index (χ4n) is 10.4. The van der Waals surface area contributed by atoms with Crippen molar-refractivity contribution < 1.29 is 45.2 Å². The summed E-state index contributed by atoms with van der Waals surface area (Å²) in [5, 5.41) is 27.3. The summed E-state index contributed by atoms with van der Waals surface area (Å²) < 4.78 is 26.2. The van der Waals surface area contributed by atoms with Crippen LogP contribution in [0.3, 0.4) is 0 Å². The normalized spacial score (nSPS) is 11.2. The second-order valence-electron chi connectivity index (χ2n) is 27.5. The lowest BCUT2D eigenvalue weighted by molar-refractivity contribution is 0.240. The van der Waals surface area contributed by atoms with Crippen LogP contribution >= 0.6 is 0 Å². The molecule has 3 aromatic rings. The van der Waals surface area contributed by atoms with E-state index in [2.05, 4.69) is 167 Å². The van der Waals surface area contributed by atoms with Gasteiger partial charge in [-0.1, -0.05) is 68.2 Å². The molecule has 0 fully saturated rings. The van der Waals surface area contributed by atoms with Gasteiger partial charge in [-0.05, 0) is 188 Å². The summed E-state index contributed by atoms with van der Waals surface area (Å²) in [4.78, 5) is 127. The van der Waals surface area contributed by atoms with Gasteiger partial charge in [0.2, 0.25) is 23.9 Å². The molecule has 0 spiro atoms. The van der Waals surface area contributed by atoms with E-state index in [1.54, 1.807) is 20.8 Å². The highest BCUT2D eigenvalue weighted by molar-refractivity contribution is 6.88. The van der Waals surface area contributed by atoms with Gasteiger partial charge in [-0.2, -0.15) is 0 Å². The van der Waals surface area contributed by atoms with Crippen LogP contribution in [-0.4, -0.2) is 182 Å². The Morgan fingerprint density at radius 3 is 0.951 bits per heavy atom. The van der Waals surface area contributed by atoms with E-state index in [4.69, 9.17) is 27.9 Å². The van der Waals surface area contributed by atoms with E-state index in [0.29, 0.717) is 69.1 Å². The third kappa shape index (κ3) is 56.5. The average Bonchev–Trinajstić information content (AvgIpc) is 0.844. The lowest BCUT2D eigenvalue weighted by Gasteiger charge is -2.38. The maximum Gasteiger partial charge on any atom is 0.321 e. The second-order valence-corrected chi connectivity index (χ2v) is 52.3. The summed E-state index contributed by atoms with van der Waals surface area (Å²) in [5.74, 6) is 0.341. The molecule has 0 radical (unpaired) electrons. The number of aromatic nitrogens is 6. The molecular weight excluding hydrogens is 1420 g/mol. The molecule has 103 heavy (non-hydrogen) atoms. The number of rotatable bonds is 44. The second kappa shape index (κ2) is 55.0. The van der Waals surface area contributed by atoms with Crippen molar-refractivity contribution in [2.45, 2.75) is 243 Å². The number of H-pyrrole nitrogens is 3. The van der Waals surface area contributed by atoms with Crippen LogP contribution in [0.5, 0.6) is 0 Å². The maximum atomic E-state index is 12.5. The van der Waals surface area contributed by atoms with Gasteiger partial charge in [0.15, 0.2) is 33.3 Å². The first-order valence-corrected chi connectivity index (χ1v) is 52.6. The van der Waals surface area contributed by atoms with Gasteiger partial charge < -0.3 is 65.1 Å². The number of nitrogens with one attached hydrogen (secondary N) is 13. The Balaban J connectivity index is -0.000000908. The van der Waals surface area contributed by atoms with Crippen LogP contribution in [-0.2, 0) is 21.3 Å². The molecule has 10 amide bonds. The SMILES string of the molecule is C.C.C.C.C[Si](C)(CCCN)O[Si](C)(C)O[Si](C)(C)CCCN.Cc1cc(=O)[nH]c(NC(=O)NCCCCCCN=C=O)n1.Cc1cc(=O)[nH]c(NC(=O)NCCCCCCNC(=O)NCCC[Si](C)(C)O[Si](C)(C)O[Si](C)(C)CNC(=O)NCCCCCCNC(=O)Nc2nc(C)cc(=O)[nH]2)n1. The minimum absolute atomic E-state index is 0. The fraction of sp³-hybridized carbons (Fsp3) is 0.723. The number of nitrogens with zero attached hydrogens (tertiary/aromatic N) is 4. The van der Waals surface area contributed by atoms with Crippen molar-refractivity contribution in [2.24, 2.45) is 16.5 Å². The molecule has 0 aliphatic heterocycles. The number of aromatic amines is 3. The summed E-state index contributed by atoms with van der Waals surface area (Å²) >= 11 is 0. The average molecular weight is 1560 g/mol. The van der Waals surface area contributed by atoms with Gasteiger partial charge in [0.05, 0.1) is 6.54 Å². The number of carbonyl (C=O) groups excluding carboxylic acids is 6. The van der Waals surface area contributed by atoms with Gasteiger partial charge in [-0.3, -0.25) is 45.3 Å². The van der Waals surface area contributed by atoms with Crippen LogP contribution in [0.2, 0.25) is 96.7 Å². The Hall–Kier alpha value is -6.57. The summed E-state index contributed by atoms with van der Waals surface area (Å²) in [7, 11) is -12.2. The number of aryl methyl sites for hydroxylation is 3. The molecule has 38 heteroatoms. The zero-order valence-corrected chi connectivity index (χ0v) is 67.8. The van der Waals surface area contributed by atoms with Gasteiger partial charge in [-0.25, -0.2) is 48.7 Å². The van der Waals surface area contributed by atoms with Crippen LogP contribution in [0.25, 0.3) is 0 Å². The predicted octanol–water partition coefficient (Wildman–Crippen LogP) is 10.7. The van der Waals surface area contributed by atoms with Crippen LogP contribution < -0.4 is 81.3 Å². The number of urea groups is 5. The monoisotopic (exact) mass is 1560 g/mol. The van der Waals surface area contributed by atoms with E-state index < -0.39 is 68.5 Å². The molecule has 0 aliphatic carbocycles. The minimum Gasteiger partial charge on any atom is -0.437 e. The maximum absolute atomic E-state index is 12.5. The number of nitrogens with two attached hydrogens (primary N) is 2. The third-order valence-electron chi connectivity index (χ3n) is 14.2. The Morgan fingerprint density at radius 1 is 0.398 bits per heavy atom. The van der Waals surface area contributed by atoms with Crippen molar-refractivity contribution in [3.8, 4) is 0 Å². The largest absolute Gasteiger partial charge is 0.437 e. The number of isocyanates is 1. The first-order valence-electron chi connectivity index (χ1n) is 34.5. The molecule has 3 rings (SSSR count). The molecule has 0 bridgehead atoms. The molecule has 17 N–H and O–H groups in total. The van der Waals surface area contributed by atoms with Crippen molar-refractivity contribution in [1.29, 1.82) is 0 Å². The molecule has 32 nitrogen and oxygen atoms in total. The number of hydrogen-bond donors (Lipinski definition) is 15. The summed E-state index contributed by atoms with van der Waals surface area (Å²) in [5.41, 5.74) is 11.8. The molecule has 0 saturated heterocycles. The molecule has 0 aliphatic rings. The minimum atomic E-state index is -2.50. The fourth-order valence-corrected chi connectivity index (χ4v) is 38.0. The lowest BCUT2D eigenvalue weighted by atomic mass is 10.2. The smallest absolute Gasteiger partial charge is 0.321 e. The lowest BCUT2D eigenvalue weighted by Crippen LogP contribution is -2.56. The van der Waals surface area contributed by atoms with E-state index in [9.17, 15) is 43.2 Å². The van der Waals surface area contributed by atoms with E-state index in [1.165, 1.54) is 24.3 Å². The van der Waals surface area contributed by atoms with Crippen LogP contribution in [0, 0.1) is 20.8 Å². The first kappa shape index (κ1) is 103. The highest BCUT2D eigenvalue weighted by atomic mass is 28.5. The van der Waals surface area contributed by atoms with Gasteiger partial charge in [0.25, 0.3) is 16.7 Å². The molecular formula is C65H137N19O13Si6. The van der Waals surface area contributed by atoms with Gasteiger partial charge in [0.1, 0.15) is 0 Å². The van der Waals surface area contributed by atoms with E-state index in [1.807, 2.05) is 0 Å². The Morgan fingerprint density at radius 2 is 0.660 bits per heavy atom. The number of aliphatic imine (C=N–C) groups is 1. The topological polar surface area (TPSA) is 461 Å². The van der Waals surface area contributed by atoms with Crippen molar-refractivity contribution in [1.82, 2.24) is 67.1 Å². The predicted molar refractivity (Wildman–Crippen MR) is 434 cm³/mol. The van der Waals surface area contributed by atoms with Gasteiger partial charge in [-0.15, -0.1) is 0 Å². The molecule has 0 unspecified atom stereocenters. The van der Waals surface area contributed by atoms with Crippen molar-refractivity contribution in [2.75, 3.05) is 81.0 Å². The summed E-state index contributed by atoms with van der Waals surface area (Å²) in [6.45, 7) is 36.2. The number of unbranched alkanes of at least 4 members (excludes halogenated alkanes) is 9. The molecule has 3 aromatic heterocycles. The first-order chi connectivity index (χ1) is 46.4. The summed E-state index contributed by atoms with van der Waals surface area (Å²) in [6, 6.07) is 5.44. The summed E-state index contributed by atoms with van der Waals surface area (Å²) in [6.07, 6.45) is 15.2. The molecule has 594 valence electrons. The third-order valence-corrected chi connectivity index (χ3v) is 36.6. The van der Waals surface area contributed by atoms with Crippen LogP contribution in [0.4, 0.5) is 41.8 Å².